The average Bonchev–Trinajstić information content (AvgIpc) is 2.17. The summed E-state index contributed by atoms with van der Waals surface area (Å²) >= 11 is 0. The number of hydrogen-bond donors (Lipinski definition) is 2. The first kappa shape index (κ1) is 11.8. The molecule has 0 atom stereocenters. The van der Waals surface area contributed by atoms with Crippen LogP contribution in [0.3, 0.4) is 0 Å². The lowest BCUT2D eigenvalue weighted by Crippen LogP contribution is -2.40. The molecule has 0 spiro atoms. The highest BCUT2D eigenvalue weighted by molar-refractivity contribution is 5.80. The van der Waals surface area contributed by atoms with Crippen LogP contribution in [0.15, 0.2) is 12.4 Å². The van der Waals surface area contributed by atoms with Gasteiger partial charge < -0.3 is 10.4 Å². The van der Waals surface area contributed by atoms with Gasteiger partial charge in [-0.2, -0.15) is 0 Å². The van der Waals surface area contributed by atoms with Crippen molar-refractivity contribution in [2.75, 3.05) is 5.32 Å². The Morgan fingerprint density at radius 1 is 1.50 bits per heavy atom. The van der Waals surface area contributed by atoms with Crippen molar-refractivity contribution in [3.8, 4) is 0 Å². The molecule has 0 aromatic carbocycles. The van der Waals surface area contributed by atoms with Gasteiger partial charge in [0, 0.05) is 0 Å². The van der Waals surface area contributed by atoms with Crippen LogP contribution in [0.25, 0.3) is 0 Å². The van der Waals surface area contributed by atoms with Crippen LogP contribution in [0.1, 0.15) is 13.8 Å². The quantitative estimate of drug-likeness (QED) is 0.571. The number of nitrogens with one attached hydrogen (secondary N) is 1. The predicted octanol–water partition coefficient (Wildman–Crippen LogP) is 0.660. The van der Waals surface area contributed by atoms with Crippen molar-refractivity contribution >= 4 is 17.6 Å². The second-order valence-corrected chi connectivity index (χ2v) is 3.58. The molecule has 16 heavy (non-hydrogen) atoms. The Kier molecular flexibility index (Phi) is 3.02. The zero-order chi connectivity index (χ0) is 12.3. The van der Waals surface area contributed by atoms with E-state index < -0.39 is 16.4 Å². The molecule has 0 amide bonds. The summed E-state index contributed by atoms with van der Waals surface area (Å²) in [7, 11) is 0. The molecule has 0 fully saturated rings. The number of rotatable bonds is 4. The molecular weight excluding hydrogens is 216 g/mol. The van der Waals surface area contributed by atoms with E-state index in [1.54, 1.807) is 0 Å². The maximum Gasteiger partial charge on any atom is 0.328 e. The summed E-state index contributed by atoms with van der Waals surface area (Å²) in [5.74, 6) is -1.05. The Labute approximate surface area is 90.5 Å². The van der Waals surface area contributed by atoms with E-state index in [9.17, 15) is 14.9 Å². The molecule has 8 nitrogen and oxygen atoms in total. The minimum atomic E-state index is -1.24. The van der Waals surface area contributed by atoms with Crippen LogP contribution in [-0.4, -0.2) is 31.5 Å². The minimum Gasteiger partial charge on any atom is -0.480 e. The van der Waals surface area contributed by atoms with E-state index in [0.717, 1.165) is 12.4 Å². The van der Waals surface area contributed by atoms with Crippen molar-refractivity contribution in [2.24, 2.45) is 0 Å². The van der Waals surface area contributed by atoms with Gasteiger partial charge in [0.1, 0.15) is 17.9 Å². The van der Waals surface area contributed by atoms with E-state index >= 15 is 0 Å². The van der Waals surface area contributed by atoms with E-state index in [0.29, 0.717) is 0 Å². The largest absolute Gasteiger partial charge is 0.480 e. The van der Waals surface area contributed by atoms with Crippen LogP contribution in [0.5, 0.6) is 0 Å². The molecule has 86 valence electrons. The number of nitrogens with zero attached hydrogens (tertiary/aromatic N) is 3. The fourth-order valence-electron chi connectivity index (χ4n) is 0.813. The number of aliphatic carboxylic acids is 1. The van der Waals surface area contributed by atoms with Crippen LogP contribution >= 0.6 is 0 Å². The van der Waals surface area contributed by atoms with Gasteiger partial charge in [0.25, 0.3) is 0 Å². The number of anilines is 1. The highest BCUT2D eigenvalue weighted by Gasteiger charge is 2.27. The van der Waals surface area contributed by atoms with Crippen molar-refractivity contribution in [1.82, 2.24) is 9.97 Å². The van der Waals surface area contributed by atoms with Gasteiger partial charge in [0.2, 0.25) is 5.95 Å². The van der Waals surface area contributed by atoms with Crippen molar-refractivity contribution in [2.45, 2.75) is 19.4 Å². The van der Waals surface area contributed by atoms with Gasteiger partial charge in [0.15, 0.2) is 0 Å². The van der Waals surface area contributed by atoms with Crippen LogP contribution in [0.2, 0.25) is 0 Å². The summed E-state index contributed by atoms with van der Waals surface area (Å²) in [4.78, 5) is 27.7. The van der Waals surface area contributed by atoms with Gasteiger partial charge in [-0.3, -0.25) is 10.1 Å². The Morgan fingerprint density at radius 2 is 2.00 bits per heavy atom. The first-order valence-electron chi connectivity index (χ1n) is 4.31. The number of hydrogen-bond acceptors (Lipinski definition) is 6. The zero-order valence-electron chi connectivity index (χ0n) is 8.67. The van der Waals surface area contributed by atoms with Crippen molar-refractivity contribution < 1.29 is 14.8 Å². The molecule has 0 aliphatic carbocycles. The summed E-state index contributed by atoms with van der Waals surface area (Å²) in [5, 5.41) is 21.7. The maximum atomic E-state index is 10.8. The summed E-state index contributed by atoms with van der Waals surface area (Å²) in [6.45, 7) is 2.86. The number of carboxylic acids is 1. The molecular formula is C8H10N4O4. The van der Waals surface area contributed by atoms with E-state index in [4.69, 9.17) is 5.11 Å². The lowest BCUT2D eigenvalue weighted by atomic mass is 10.1. The standard InChI is InChI=1S/C8H10N4O4/c1-8(2,6(13)14)11-7-9-3-5(4-10-7)12(15)16/h3-4H,1-2H3,(H,13,14)(H,9,10,11). The van der Waals surface area contributed by atoms with E-state index in [1.165, 1.54) is 13.8 Å². The summed E-state index contributed by atoms with van der Waals surface area (Å²) in [5.41, 5.74) is -1.49. The lowest BCUT2D eigenvalue weighted by Gasteiger charge is -2.20. The van der Waals surface area contributed by atoms with Gasteiger partial charge in [-0.25, -0.2) is 14.8 Å². The number of aromatic nitrogens is 2. The number of carbonyl (C=O) groups is 1. The smallest absolute Gasteiger partial charge is 0.328 e. The molecule has 0 aliphatic rings. The second kappa shape index (κ2) is 4.09. The lowest BCUT2D eigenvalue weighted by molar-refractivity contribution is -0.385. The molecule has 8 heteroatoms. The van der Waals surface area contributed by atoms with Crippen molar-refractivity contribution in [3.63, 3.8) is 0 Å². The molecule has 1 rings (SSSR count). The Hall–Kier alpha value is -2.25. The van der Waals surface area contributed by atoms with Crippen LogP contribution in [0, 0.1) is 10.1 Å². The Morgan fingerprint density at radius 3 is 2.38 bits per heavy atom. The average molecular weight is 226 g/mol. The Bertz CT molecular complexity index is 415. The molecule has 1 aromatic heterocycles. The summed E-state index contributed by atoms with van der Waals surface area (Å²) in [6, 6.07) is 0. The normalized spacial score (nSPS) is 10.9. The molecule has 0 unspecified atom stereocenters. The van der Waals surface area contributed by atoms with E-state index in [2.05, 4.69) is 15.3 Å². The number of carboxylic acid groups (broad SMARTS) is 1. The van der Waals surface area contributed by atoms with Crippen molar-refractivity contribution in [3.05, 3.63) is 22.5 Å². The van der Waals surface area contributed by atoms with Gasteiger partial charge >= 0.3 is 11.7 Å². The molecule has 0 aliphatic heterocycles. The first-order valence-corrected chi connectivity index (χ1v) is 4.31. The van der Waals surface area contributed by atoms with Crippen LogP contribution in [-0.2, 0) is 4.79 Å². The van der Waals surface area contributed by atoms with E-state index in [1.807, 2.05) is 0 Å². The summed E-state index contributed by atoms with van der Waals surface area (Å²) in [6.07, 6.45) is 2.01. The van der Waals surface area contributed by atoms with Gasteiger partial charge in [0.05, 0.1) is 4.92 Å². The fraction of sp³-hybridized carbons (Fsp3) is 0.375. The first-order chi connectivity index (χ1) is 7.33. The zero-order valence-corrected chi connectivity index (χ0v) is 8.67. The van der Waals surface area contributed by atoms with Crippen LogP contribution < -0.4 is 5.32 Å². The van der Waals surface area contributed by atoms with Gasteiger partial charge in [-0.1, -0.05) is 0 Å². The molecule has 0 bridgehead atoms. The molecule has 1 aromatic rings. The summed E-state index contributed by atoms with van der Waals surface area (Å²) < 4.78 is 0. The molecule has 2 N–H and O–H groups in total. The Balaban J connectivity index is 2.84. The third-order valence-electron chi connectivity index (χ3n) is 1.81. The third-order valence-corrected chi connectivity index (χ3v) is 1.81. The number of nitro groups is 1. The maximum absolute atomic E-state index is 10.8. The topological polar surface area (TPSA) is 118 Å². The molecule has 1 heterocycles. The van der Waals surface area contributed by atoms with Gasteiger partial charge in [-0.15, -0.1) is 0 Å². The molecule has 0 saturated carbocycles. The predicted molar refractivity (Wildman–Crippen MR) is 54.0 cm³/mol. The van der Waals surface area contributed by atoms with Crippen molar-refractivity contribution in [1.29, 1.82) is 0 Å². The SMILES string of the molecule is CC(C)(Nc1ncc([N+](=O)[O-])cn1)C(=O)O. The molecule has 0 radical (unpaired) electrons. The second-order valence-electron chi connectivity index (χ2n) is 3.58. The highest BCUT2D eigenvalue weighted by Crippen LogP contribution is 2.13. The third kappa shape index (κ3) is 2.62. The fourth-order valence-corrected chi connectivity index (χ4v) is 0.813. The van der Waals surface area contributed by atoms with E-state index in [-0.39, 0.29) is 11.6 Å². The van der Waals surface area contributed by atoms with Gasteiger partial charge in [-0.05, 0) is 13.8 Å². The minimum absolute atomic E-state index is 0.0259. The van der Waals surface area contributed by atoms with Crippen LogP contribution in [0.4, 0.5) is 11.6 Å². The molecule has 0 saturated heterocycles. The highest BCUT2D eigenvalue weighted by atomic mass is 16.6. The monoisotopic (exact) mass is 226 g/mol.